The van der Waals surface area contributed by atoms with Crippen molar-refractivity contribution in [2.45, 2.75) is 26.2 Å². The summed E-state index contributed by atoms with van der Waals surface area (Å²) in [5.41, 5.74) is 8.21. The van der Waals surface area contributed by atoms with Gasteiger partial charge in [0.25, 0.3) is 0 Å². The molecule has 0 amide bonds. The lowest BCUT2D eigenvalue weighted by Gasteiger charge is -2.07. The first-order valence-electron chi connectivity index (χ1n) is 4.94. The number of nitrogens with two attached hydrogens (primary N) is 1. The second-order valence-corrected chi connectivity index (χ2v) is 3.44. The molecule has 0 spiro atoms. The number of unbranched alkanes of at least 4 members (excludes halogenated alkanes) is 1. The summed E-state index contributed by atoms with van der Waals surface area (Å²) in [4.78, 5) is 4.09. The van der Waals surface area contributed by atoms with Crippen LogP contribution in [0, 0.1) is 6.92 Å². The van der Waals surface area contributed by atoms with Gasteiger partial charge in [-0.25, -0.2) is 4.98 Å². The van der Waals surface area contributed by atoms with Crippen LogP contribution in [0.25, 0.3) is 0 Å². The first kappa shape index (κ1) is 11.0. The van der Waals surface area contributed by atoms with E-state index in [4.69, 9.17) is 10.5 Å². The van der Waals surface area contributed by atoms with Gasteiger partial charge in [0.05, 0.1) is 0 Å². The molecule has 0 atom stereocenters. The highest BCUT2D eigenvalue weighted by molar-refractivity contribution is 5.43. The van der Waals surface area contributed by atoms with Gasteiger partial charge in [0, 0.05) is 19.9 Å². The number of nitrogens with zero attached hydrogens (tertiary/aromatic N) is 1. The first-order valence-corrected chi connectivity index (χ1v) is 4.94. The second kappa shape index (κ2) is 5.60. The van der Waals surface area contributed by atoms with Crippen LogP contribution in [0.1, 0.15) is 24.0 Å². The number of rotatable bonds is 5. The minimum Gasteiger partial charge on any atom is -0.385 e. The van der Waals surface area contributed by atoms with Gasteiger partial charge in [0.1, 0.15) is 5.82 Å². The molecule has 0 fully saturated rings. The Hall–Kier alpha value is -1.09. The van der Waals surface area contributed by atoms with Crippen LogP contribution in [0.4, 0.5) is 5.82 Å². The Morgan fingerprint density at radius 2 is 2.21 bits per heavy atom. The summed E-state index contributed by atoms with van der Waals surface area (Å²) in [5, 5.41) is 0. The molecule has 0 radical (unpaired) electrons. The van der Waals surface area contributed by atoms with Crippen molar-refractivity contribution in [2.24, 2.45) is 0 Å². The van der Waals surface area contributed by atoms with Crippen LogP contribution in [-0.2, 0) is 11.2 Å². The Balaban J connectivity index is 2.49. The van der Waals surface area contributed by atoms with E-state index in [1.807, 2.05) is 6.07 Å². The third-order valence-electron chi connectivity index (χ3n) is 2.35. The minimum absolute atomic E-state index is 0.669. The second-order valence-electron chi connectivity index (χ2n) is 3.44. The fraction of sp³-hybridized carbons (Fsp3) is 0.545. The molecule has 78 valence electrons. The molecule has 0 unspecified atom stereocenters. The zero-order valence-corrected chi connectivity index (χ0v) is 8.92. The van der Waals surface area contributed by atoms with Gasteiger partial charge in [0.15, 0.2) is 0 Å². The summed E-state index contributed by atoms with van der Waals surface area (Å²) in [6, 6.07) is 2.00. The van der Waals surface area contributed by atoms with E-state index in [2.05, 4.69) is 11.9 Å². The first-order chi connectivity index (χ1) is 6.75. The molecule has 14 heavy (non-hydrogen) atoms. The summed E-state index contributed by atoms with van der Waals surface area (Å²) >= 11 is 0. The predicted molar refractivity (Wildman–Crippen MR) is 58.2 cm³/mol. The van der Waals surface area contributed by atoms with Crippen molar-refractivity contribution in [1.82, 2.24) is 4.98 Å². The number of ether oxygens (including phenoxy) is 1. The minimum atomic E-state index is 0.669. The molecule has 0 aliphatic carbocycles. The number of hydrogen-bond acceptors (Lipinski definition) is 3. The molecule has 1 aromatic heterocycles. The van der Waals surface area contributed by atoms with Crippen molar-refractivity contribution in [2.75, 3.05) is 19.5 Å². The van der Waals surface area contributed by atoms with Crippen LogP contribution in [0.2, 0.25) is 0 Å². The summed E-state index contributed by atoms with van der Waals surface area (Å²) < 4.78 is 4.99. The fourth-order valence-electron chi connectivity index (χ4n) is 1.48. The van der Waals surface area contributed by atoms with E-state index < -0.39 is 0 Å². The predicted octanol–water partition coefficient (Wildman–Crippen LogP) is 1.94. The van der Waals surface area contributed by atoms with Gasteiger partial charge in [-0.3, -0.25) is 0 Å². The molecule has 1 aromatic rings. The summed E-state index contributed by atoms with van der Waals surface area (Å²) in [6.45, 7) is 2.89. The number of methoxy groups -OCH3 is 1. The highest BCUT2D eigenvalue weighted by atomic mass is 16.5. The van der Waals surface area contributed by atoms with Gasteiger partial charge in [-0.15, -0.1) is 0 Å². The summed E-state index contributed by atoms with van der Waals surface area (Å²) in [6.07, 6.45) is 4.92. The van der Waals surface area contributed by atoms with Crippen molar-refractivity contribution >= 4 is 5.82 Å². The Morgan fingerprint density at radius 1 is 1.43 bits per heavy atom. The van der Waals surface area contributed by atoms with Crippen molar-refractivity contribution < 1.29 is 4.74 Å². The van der Waals surface area contributed by atoms with E-state index >= 15 is 0 Å². The zero-order chi connectivity index (χ0) is 10.4. The van der Waals surface area contributed by atoms with Crippen LogP contribution in [-0.4, -0.2) is 18.7 Å². The number of aryl methyl sites for hydroxylation is 1. The van der Waals surface area contributed by atoms with Crippen molar-refractivity contribution in [3.63, 3.8) is 0 Å². The maximum Gasteiger partial charge on any atom is 0.126 e. The van der Waals surface area contributed by atoms with Crippen LogP contribution in [0.3, 0.4) is 0 Å². The molecule has 1 heterocycles. The number of anilines is 1. The lowest BCUT2D eigenvalue weighted by Crippen LogP contribution is -2.01. The van der Waals surface area contributed by atoms with E-state index in [9.17, 15) is 0 Å². The van der Waals surface area contributed by atoms with Gasteiger partial charge in [0.2, 0.25) is 0 Å². The van der Waals surface area contributed by atoms with Crippen LogP contribution in [0.5, 0.6) is 0 Å². The average molecular weight is 194 g/mol. The lowest BCUT2D eigenvalue weighted by molar-refractivity contribution is 0.193. The van der Waals surface area contributed by atoms with E-state index in [1.54, 1.807) is 13.3 Å². The Morgan fingerprint density at radius 3 is 2.86 bits per heavy atom. The number of aromatic nitrogens is 1. The topological polar surface area (TPSA) is 48.1 Å². The van der Waals surface area contributed by atoms with E-state index in [0.717, 1.165) is 25.9 Å². The fourth-order valence-corrected chi connectivity index (χ4v) is 1.48. The maximum atomic E-state index is 5.79. The SMILES string of the molecule is COCCCCc1c(C)ccnc1N. The van der Waals surface area contributed by atoms with Crippen LogP contribution < -0.4 is 5.73 Å². The number of hydrogen-bond donors (Lipinski definition) is 1. The quantitative estimate of drug-likeness (QED) is 0.729. The smallest absolute Gasteiger partial charge is 0.126 e. The normalized spacial score (nSPS) is 10.4. The van der Waals surface area contributed by atoms with E-state index in [-0.39, 0.29) is 0 Å². The molecule has 0 saturated heterocycles. The van der Waals surface area contributed by atoms with E-state index in [0.29, 0.717) is 5.82 Å². The molecular formula is C11H18N2O. The standard InChI is InChI=1S/C11H18N2O/c1-9-6-7-13-11(12)10(9)5-3-4-8-14-2/h6-7H,3-5,8H2,1-2H3,(H2,12,13). The third kappa shape index (κ3) is 3.00. The van der Waals surface area contributed by atoms with Gasteiger partial charge in [-0.05, 0) is 43.4 Å². The zero-order valence-electron chi connectivity index (χ0n) is 8.92. The number of nitrogen functional groups attached to an aromatic ring is 1. The van der Waals surface area contributed by atoms with Crippen LogP contribution >= 0.6 is 0 Å². The maximum absolute atomic E-state index is 5.79. The lowest BCUT2D eigenvalue weighted by atomic mass is 10.0. The molecule has 0 bridgehead atoms. The van der Waals surface area contributed by atoms with Crippen molar-refractivity contribution in [3.05, 3.63) is 23.4 Å². The molecule has 3 nitrogen and oxygen atoms in total. The third-order valence-corrected chi connectivity index (χ3v) is 2.35. The molecule has 1 rings (SSSR count). The largest absolute Gasteiger partial charge is 0.385 e. The molecule has 2 N–H and O–H groups in total. The monoisotopic (exact) mass is 194 g/mol. The highest BCUT2D eigenvalue weighted by Crippen LogP contribution is 2.15. The van der Waals surface area contributed by atoms with Gasteiger partial charge < -0.3 is 10.5 Å². The molecule has 0 aliphatic heterocycles. The Kier molecular flexibility index (Phi) is 4.40. The summed E-state index contributed by atoms with van der Waals surface area (Å²) in [5.74, 6) is 0.669. The Bertz CT molecular complexity index is 266. The summed E-state index contributed by atoms with van der Waals surface area (Å²) in [7, 11) is 1.73. The average Bonchev–Trinajstić information content (AvgIpc) is 2.16. The molecular weight excluding hydrogens is 176 g/mol. The van der Waals surface area contributed by atoms with Gasteiger partial charge in [-0.1, -0.05) is 0 Å². The van der Waals surface area contributed by atoms with Gasteiger partial charge in [-0.2, -0.15) is 0 Å². The highest BCUT2D eigenvalue weighted by Gasteiger charge is 2.02. The molecule has 0 aliphatic rings. The molecule has 3 heteroatoms. The molecule has 0 saturated carbocycles. The number of pyridine rings is 1. The van der Waals surface area contributed by atoms with Crippen molar-refractivity contribution in [1.29, 1.82) is 0 Å². The van der Waals surface area contributed by atoms with Crippen LogP contribution in [0.15, 0.2) is 12.3 Å². The van der Waals surface area contributed by atoms with Crippen molar-refractivity contribution in [3.8, 4) is 0 Å². The van der Waals surface area contributed by atoms with E-state index in [1.165, 1.54) is 11.1 Å². The Labute approximate surface area is 85.3 Å². The van der Waals surface area contributed by atoms with Gasteiger partial charge >= 0.3 is 0 Å². The molecule has 0 aromatic carbocycles.